The first kappa shape index (κ1) is 8.67. The summed E-state index contributed by atoms with van der Waals surface area (Å²) in [5, 5.41) is 9.01. The van der Waals surface area contributed by atoms with Crippen LogP contribution in [0.3, 0.4) is 0 Å². The summed E-state index contributed by atoms with van der Waals surface area (Å²) in [4.78, 5) is 0. The highest BCUT2D eigenvalue weighted by Crippen LogP contribution is 2.12. The molecule has 12 heavy (non-hydrogen) atoms. The Bertz CT molecular complexity index is 279. The van der Waals surface area contributed by atoms with Crippen molar-refractivity contribution in [3.8, 4) is 18.1 Å². The van der Waals surface area contributed by atoms with E-state index in [-0.39, 0.29) is 5.92 Å². The van der Waals surface area contributed by atoms with E-state index in [1.54, 1.807) is 12.1 Å². The number of rotatable bonds is 2. The molecule has 0 saturated carbocycles. The molecule has 0 radical (unpaired) electrons. The molecule has 0 aliphatic rings. The van der Waals surface area contributed by atoms with Crippen molar-refractivity contribution in [1.82, 2.24) is 0 Å². The topological polar surface area (TPSA) is 20.2 Å². The first-order valence-corrected chi connectivity index (χ1v) is 3.96. The van der Waals surface area contributed by atoms with Crippen LogP contribution in [0.1, 0.15) is 12.5 Å². The maximum Gasteiger partial charge on any atom is 0.115 e. The van der Waals surface area contributed by atoms with Crippen LogP contribution in [-0.2, 0) is 6.42 Å². The van der Waals surface area contributed by atoms with E-state index in [1.165, 1.54) is 5.56 Å². The Morgan fingerprint density at radius 3 is 2.50 bits per heavy atom. The van der Waals surface area contributed by atoms with Crippen LogP contribution in [0.25, 0.3) is 0 Å². The van der Waals surface area contributed by atoms with Gasteiger partial charge in [0.15, 0.2) is 0 Å². The fraction of sp³-hybridized carbons (Fsp3) is 0.273. The summed E-state index contributed by atoms with van der Waals surface area (Å²) in [7, 11) is 0. The lowest BCUT2D eigenvalue weighted by molar-refractivity contribution is 0.475. The summed E-state index contributed by atoms with van der Waals surface area (Å²) in [5.74, 6) is 3.22. The molecule has 1 N–H and O–H groups in total. The third kappa shape index (κ3) is 2.32. The molecule has 0 amide bonds. The van der Waals surface area contributed by atoms with E-state index in [0.29, 0.717) is 5.75 Å². The molecule has 62 valence electrons. The van der Waals surface area contributed by atoms with E-state index >= 15 is 0 Å². The molecule has 1 aromatic carbocycles. The van der Waals surface area contributed by atoms with Gasteiger partial charge in [-0.2, -0.15) is 0 Å². The largest absolute Gasteiger partial charge is 0.508 e. The third-order valence-electron chi connectivity index (χ3n) is 1.76. The van der Waals surface area contributed by atoms with Gasteiger partial charge in [0.25, 0.3) is 0 Å². The standard InChI is InChI=1S/C11H12O/c1-3-9(2)8-10-4-6-11(12)7-5-10/h1,4-7,9,12H,8H2,2H3. The van der Waals surface area contributed by atoms with Crippen LogP contribution < -0.4 is 0 Å². The van der Waals surface area contributed by atoms with Gasteiger partial charge in [0.05, 0.1) is 0 Å². The number of hydrogen-bond donors (Lipinski definition) is 1. The molecule has 1 aromatic rings. The summed E-state index contributed by atoms with van der Waals surface area (Å²) in [6.45, 7) is 2.01. The molecule has 0 fully saturated rings. The van der Waals surface area contributed by atoms with Crippen LogP contribution in [0.2, 0.25) is 0 Å². The van der Waals surface area contributed by atoms with Crippen molar-refractivity contribution < 1.29 is 5.11 Å². The molecular formula is C11H12O. The third-order valence-corrected chi connectivity index (χ3v) is 1.76. The van der Waals surface area contributed by atoms with Gasteiger partial charge < -0.3 is 5.11 Å². The van der Waals surface area contributed by atoms with Crippen molar-refractivity contribution >= 4 is 0 Å². The summed E-state index contributed by atoms with van der Waals surface area (Å²) >= 11 is 0. The Morgan fingerprint density at radius 1 is 1.42 bits per heavy atom. The van der Waals surface area contributed by atoms with Crippen LogP contribution in [0.15, 0.2) is 24.3 Å². The van der Waals surface area contributed by atoms with E-state index in [0.717, 1.165) is 6.42 Å². The zero-order valence-electron chi connectivity index (χ0n) is 7.12. The summed E-state index contributed by atoms with van der Waals surface area (Å²) in [6.07, 6.45) is 6.12. The number of hydrogen-bond acceptors (Lipinski definition) is 1. The van der Waals surface area contributed by atoms with E-state index in [1.807, 2.05) is 19.1 Å². The molecular weight excluding hydrogens is 148 g/mol. The zero-order valence-corrected chi connectivity index (χ0v) is 7.12. The molecule has 0 saturated heterocycles. The number of aromatic hydroxyl groups is 1. The molecule has 1 unspecified atom stereocenters. The highest BCUT2D eigenvalue weighted by Gasteiger charge is 1.98. The van der Waals surface area contributed by atoms with Crippen molar-refractivity contribution in [2.75, 3.05) is 0 Å². The fourth-order valence-corrected chi connectivity index (χ4v) is 1.04. The number of terminal acetylenes is 1. The van der Waals surface area contributed by atoms with Gasteiger partial charge in [-0.05, 0) is 24.1 Å². The lowest BCUT2D eigenvalue weighted by atomic mass is 10.0. The predicted octanol–water partition coefficient (Wildman–Crippen LogP) is 2.20. The molecule has 1 nitrogen and oxygen atoms in total. The fourth-order valence-electron chi connectivity index (χ4n) is 1.04. The lowest BCUT2D eigenvalue weighted by Gasteiger charge is -2.03. The molecule has 0 heterocycles. The molecule has 0 spiro atoms. The van der Waals surface area contributed by atoms with Crippen LogP contribution in [0, 0.1) is 18.3 Å². The first-order chi connectivity index (χ1) is 5.72. The normalized spacial score (nSPS) is 12.0. The maximum absolute atomic E-state index is 9.01. The van der Waals surface area contributed by atoms with Crippen LogP contribution in [-0.4, -0.2) is 5.11 Å². The molecule has 1 heteroatoms. The Morgan fingerprint density at radius 2 is 2.00 bits per heavy atom. The molecule has 0 aromatic heterocycles. The maximum atomic E-state index is 9.01. The minimum absolute atomic E-state index is 0.259. The minimum Gasteiger partial charge on any atom is -0.508 e. The Hall–Kier alpha value is -1.42. The Labute approximate surface area is 73.0 Å². The van der Waals surface area contributed by atoms with Gasteiger partial charge in [-0.1, -0.05) is 19.1 Å². The lowest BCUT2D eigenvalue weighted by Crippen LogP contribution is -1.95. The van der Waals surface area contributed by atoms with Crippen LogP contribution in [0.5, 0.6) is 5.75 Å². The average molecular weight is 160 g/mol. The molecule has 1 rings (SSSR count). The molecule has 0 bridgehead atoms. The van der Waals surface area contributed by atoms with Gasteiger partial charge in [0.1, 0.15) is 5.75 Å². The predicted molar refractivity (Wildman–Crippen MR) is 49.8 cm³/mol. The highest BCUT2D eigenvalue weighted by atomic mass is 16.3. The van der Waals surface area contributed by atoms with Gasteiger partial charge in [-0.15, -0.1) is 12.3 Å². The van der Waals surface area contributed by atoms with E-state index < -0.39 is 0 Å². The van der Waals surface area contributed by atoms with Gasteiger partial charge in [-0.3, -0.25) is 0 Å². The summed E-state index contributed by atoms with van der Waals surface area (Å²) in [5.41, 5.74) is 1.17. The van der Waals surface area contributed by atoms with Gasteiger partial charge in [0.2, 0.25) is 0 Å². The summed E-state index contributed by atoms with van der Waals surface area (Å²) in [6, 6.07) is 7.14. The van der Waals surface area contributed by atoms with Gasteiger partial charge >= 0.3 is 0 Å². The zero-order chi connectivity index (χ0) is 8.97. The van der Waals surface area contributed by atoms with Gasteiger partial charge in [0, 0.05) is 5.92 Å². The second-order valence-electron chi connectivity index (χ2n) is 2.94. The van der Waals surface area contributed by atoms with E-state index in [9.17, 15) is 0 Å². The number of phenols is 1. The smallest absolute Gasteiger partial charge is 0.115 e. The summed E-state index contributed by atoms with van der Waals surface area (Å²) < 4.78 is 0. The van der Waals surface area contributed by atoms with Crippen molar-refractivity contribution in [3.05, 3.63) is 29.8 Å². The van der Waals surface area contributed by atoms with Crippen molar-refractivity contribution in [2.45, 2.75) is 13.3 Å². The molecule has 0 aliphatic carbocycles. The van der Waals surface area contributed by atoms with Crippen molar-refractivity contribution in [1.29, 1.82) is 0 Å². The van der Waals surface area contributed by atoms with Crippen molar-refractivity contribution in [3.63, 3.8) is 0 Å². The quantitative estimate of drug-likeness (QED) is 0.657. The SMILES string of the molecule is C#CC(C)Cc1ccc(O)cc1. The average Bonchev–Trinajstić information content (AvgIpc) is 2.09. The van der Waals surface area contributed by atoms with Gasteiger partial charge in [-0.25, -0.2) is 0 Å². The van der Waals surface area contributed by atoms with E-state index in [2.05, 4.69) is 5.92 Å². The van der Waals surface area contributed by atoms with Crippen molar-refractivity contribution in [2.24, 2.45) is 5.92 Å². The molecule has 0 aliphatic heterocycles. The van der Waals surface area contributed by atoms with E-state index in [4.69, 9.17) is 11.5 Å². The second kappa shape index (κ2) is 3.82. The highest BCUT2D eigenvalue weighted by molar-refractivity contribution is 5.26. The Kier molecular flexibility index (Phi) is 2.76. The minimum atomic E-state index is 0.259. The molecule has 1 atom stereocenters. The first-order valence-electron chi connectivity index (χ1n) is 3.96. The van der Waals surface area contributed by atoms with Crippen LogP contribution >= 0.6 is 0 Å². The number of benzene rings is 1. The second-order valence-corrected chi connectivity index (χ2v) is 2.94. The Balaban J connectivity index is 2.66. The van der Waals surface area contributed by atoms with Crippen LogP contribution in [0.4, 0.5) is 0 Å². The number of phenolic OH excluding ortho intramolecular Hbond substituents is 1. The monoisotopic (exact) mass is 160 g/mol.